The minimum Gasteiger partial charge on any atom is -0.299 e. The van der Waals surface area contributed by atoms with Crippen LogP contribution in [0.2, 0.25) is 0 Å². The highest BCUT2D eigenvalue weighted by atomic mass is 16.1. The molecule has 1 aliphatic carbocycles. The van der Waals surface area contributed by atoms with Gasteiger partial charge in [-0.25, -0.2) is 0 Å². The van der Waals surface area contributed by atoms with Crippen molar-refractivity contribution >= 4 is 5.78 Å². The number of Topliss-reactive ketones (excluding diaryl/α,β-unsaturated/α-hetero) is 1. The molecule has 0 unspecified atom stereocenters. The number of hydrogen-bond donors (Lipinski definition) is 0. The molecule has 2 atom stereocenters. The first-order chi connectivity index (χ1) is 7.66. The Morgan fingerprint density at radius 3 is 2.81 bits per heavy atom. The molecule has 0 aromatic rings. The lowest BCUT2D eigenvalue weighted by Crippen LogP contribution is -2.31. The highest BCUT2D eigenvalue weighted by Gasteiger charge is 2.32. The molecule has 90 valence electrons. The summed E-state index contributed by atoms with van der Waals surface area (Å²) in [6, 6.07) is 0. The summed E-state index contributed by atoms with van der Waals surface area (Å²) in [4.78, 5) is 11.9. The maximum absolute atomic E-state index is 11.9. The zero-order valence-corrected chi connectivity index (χ0v) is 10.9. The number of unbranched alkanes of at least 4 members (excludes halogenated alkanes) is 2. The average molecular weight is 220 g/mol. The molecule has 1 saturated carbocycles. The molecule has 1 nitrogen and oxygen atoms in total. The van der Waals surface area contributed by atoms with Gasteiger partial charge in [-0.1, -0.05) is 33.1 Å². The van der Waals surface area contributed by atoms with Crippen molar-refractivity contribution in [3.63, 3.8) is 0 Å². The Bertz CT molecular complexity index is 280. The smallest absolute Gasteiger partial charge is 0.137 e. The van der Waals surface area contributed by atoms with Gasteiger partial charge in [0.15, 0.2) is 0 Å². The Hall–Kier alpha value is -0.770. The van der Waals surface area contributed by atoms with E-state index in [1.165, 1.54) is 12.8 Å². The van der Waals surface area contributed by atoms with Crippen LogP contribution in [0.1, 0.15) is 59.3 Å². The summed E-state index contributed by atoms with van der Waals surface area (Å²) in [6.07, 6.45) is 6.30. The zero-order chi connectivity index (χ0) is 12.0. The summed E-state index contributed by atoms with van der Waals surface area (Å²) in [6.45, 7) is 6.48. The minimum atomic E-state index is 0.197. The van der Waals surface area contributed by atoms with E-state index < -0.39 is 0 Å². The summed E-state index contributed by atoms with van der Waals surface area (Å²) >= 11 is 0. The first-order valence-corrected chi connectivity index (χ1v) is 6.68. The second-order valence-corrected chi connectivity index (χ2v) is 5.16. The molecule has 0 radical (unpaired) electrons. The molecule has 1 aliphatic rings. The fraction of sp³-hybridized carbons (Fsp3) is 0.800. The summed E-state index contributed by atoms with van der Waals surface area (Å²) in [5.41, 5.74) is 0. The number of hydrogen-bond acceptors (Lipinski definition) is 1. The first kappa shape index (κ1) is 13.3. The lowest BCUT2D eigenvalue weighted by molar-refractivity contribution is -0.127. The standard InChI is InChI=1S/C15H24O/c1-4-5-6-7-9-13-10-8-11-14(16)15(13)12(2)3/h12-13,15H,4-6,8,10-11H2,1-3H3/t13-,15+/m1/s1. The number of carbonyl (C=O) groups excluding carboxylic acids is 1. The maximum atomic E-state index is 11.9. The molecule has 0 amide bonds. The molecule has 1 fully saturated rings. The maximum Gasteiger partial charge on any atom is 0.137 e. The van der Waals surface area contributed by atoms with Gasteiger partial charge < -0.3 is 0 Å². The highest BCUT2D eigenvalue weighted by molar-refractivity contribution is 5.82. The van der Waals surface area contributed by atoms with E-state index in [1.807, 2.05) is 0 Å². The second kappa shape index (κ2) is 6.74. The van der Waals surface area contributed by atoms with Gasteiger partial charge in [-0.2, -0.15) is 0 Å². The summed E-state index contributed by atoms with van der Waals surface area (Å²) in [5.74, 6) is 8.02. The predicted molar refractivity (Wildman–Crippen MR) is 68.0 cm³/mol. The molecule has 1 heteroatoms. The minimum absolute atomic E-state index is 0.197. The van der Waals surface area contributed by atoms with Crippen LogP contribution in [0.4, 0.5) is 0 Å². The molecule has 0 aromatic carbocycles. The third-order valence-corrected chi connectivity index (χ3v) is 3.40. The van der Waals surface area contributed by atoms with Gasteiger partial charge in [0.2, 0.25) is 0 Å². The van der Waals surface area contributed by atoms with E-state index in [0.717, 1.165) is 25.7 Å². The average Bonchev–Trinajstić information content (AvgIpc) is 2.24. The fourth-order valence-electron chi connectivity index (χ4n) is 2.53. The van der Waals surface area contributed by atoms with Crippen molar-refractivity contribution in [2.75, 3.05) is 0 Å². The van der Waals surface area contributed by atoms with Crippen LogP contribution in [0.15, 0.2) is 0 Å². The highest BCUT2D eigenvalue weighted by Crippen LogP contribution is 2.32. The Kier molecular flexibility index (Phi) is 5.60. The zero-order valence-electron chi connectivity index (χ0n) is 10.9. The monoisotopic (exact) mass is 220 g/mol. The van der Waals surface area contributed by atoms with Gasteiger partial charge >= 0.3 is 0 Å². The van der Waals surface area contributed by atoms with E-state index in [2.05, 4.69) is 32.6 Å². The molecule has 0 spiro atoms. The van der Waals surface area contributed by atoms with Crippen LogP contribution >= 0.6 is 0 Å². The molecular weight excluding hydrogens is 196 g/mol. The third-order valence-electron chi connectivity index (χ3n) is 3.40. The SMILES string of the molecule is CCCCC#C[C@@H]1CCCC(=O)[C@H]1C(C)C. The van der Waals surface area contributed by atoms with Crippen molar-refractivity contribution in [1.29, 1.82) is 0 Å². The lowest BCUT2D eigenvalue weighted by Gasteiger charge is -2.29. The van der Waals surface area contributed by atoms with Gasteiger partial charge in [-0.3, -0.25) is 4.79 Å². The van der Waals surface area contributed by atoms with Crippen LogP contribution < -0.4 is 0 Å². The van der Waals surface area contributed by atoms with Crippen molar-refractivity contribution < 1.29 is 4.79 Å². The summed E-state index contributed by atoms with van der Waals surface area (Å²) in [7, 11) is 0. The largest absolute Gasteiger partial charge is 0.299 e. The molecule has 0 N–H and O–H groups in total. The van der Waals surface area contributed by atoms with Gasteiger partial charge in [0, 0.05) is 24.7 Å². The molecule has 16 heavy (non-hydrogen) atoms. The van der Waals surface area contributed by atoms with Crippen LogP contribution in [-0.4, -0.2) is 5.78 Å². The van der Waals surface area contributed by atoms with Gasteiger partial charge in [-0.15, -0.1) is 5.92 Å². The van der Waals surface area contributed by atoms with E-state index in [1.54, 1.807) is 0 Å². The van der Waals surface area contributed by atoms with Crippen LogP contribution in [0.5, 0.6) is 0 Å². The molecule has 0 aromatic heterocycles. The van der Waals surface area contributed by atoms with Crippen LogP contribution in [0.25, 0.3) is 0 Å². The van der Waals surface area contributed by atoms with Gasteiger partial charge in [0.25, 0.3) is 0 Å². The van der Waals surface area contributed by atoms with Gasteiger partial charge in [0.05, 0.1) is 0 Å². The van der Waals surface area contributed by atoms with Gasteiger partial charge in [-0.05, 0) is 25.2 Å². The van der Waals surface area contributed by atoms with Crippen molar-refractivity contribution in [1.82, 2.24) is 0 Å². The van der Waals surface area contributed by atoms with E-state index in [9.17, 15) is 4.79 Å². The molecule has 1 rings (SSSR count). The Morgan fingerprint density at radius 1 is 1.44 bits per heavy atom. The topological polar surface area (TPSA) is 17.1 Å². The third kappa shape index (κ3) is 3.67. The van der Waals surface area contributed by atoms with Crippen molar-refractivity contribution in [3.05, 3.63) is 0 Å². The van der Waals surface area contributed by atoms with E-state index >= 15 is 0 Å². The first-order valence-electron chi connectivity index (χ1n) is 6.68. The molecular formula is C15H24O. The van der Waals surface area contributed by atoms with Crippen LogP contribution in [0, 0.1) is 29.6 Å². The van der Waals surface area contributed by atoms with Crippen LogP contribution in [0.3, 0.4) is 0 Å². The lowest BCUT2D eigenvalue weighted by atomic mass is 9.73. The Morgan fingerprint density at radius 2 is 2.19 bits per heavy atom. The van der Waals surface area contributed by atoms with E-state index in [0.29, 0.717) is 17.6 Å². The van der Waals surface area contributed by atoms with E-state index in [-0.39, 0.29) is 5.92 Å². The second-order valence-electron chi connectivity index (χ2n) is 5.16. The Labute approximate surface area is 100 Å². The summed E-state index contributed by atoms with van der Waals surface area (Å²) < 4.78 is 0. The van der Waals surface area contributed by atoms with E-state index in [4.69, 9.17) is 0 Å². The van der Waals surface area contributed by atoms with Crippen molar-refractivity contribution in [2.24, 2.45) is 17.8 Å². The molecule has 0 aliphatic heterocycles. The molecule has 0 heterocycles. The number of rotatable bonds is 3. The molecule has 0 saturated heterocycles. The molecule has 0 bridgehead atoms. The van der Waals surface area contributed by atoms with Gasteiger partial charge in [0.1, 0.15) is 5.78 Å². The number of ketones is 1. The van der Waals surface area contributed by atoms with Crippen LogP contribution in [-0.2, 0) is 4.79 Å². The van der Waals surface area contributed by atoms with Crippen molar-refractivity contribution in [2.45, 2.75) is 59.3 Å². The normalized spacial score (nSPS) is 25.4. The fourth-order valence-corrected chi connectivity index (χ4v) is 2.53. The summed E-state index contributed by atoms with van der Waals surface area (Å²) in [5, 5.41) is 0. The van der Waals surface area contributed by atoms with Crippen molar-refractivity contribution in [3.8, 4) is 11.8 Å². The quantitative estimate of drug-likeness (QED) is 0.522. The predicted octanol–water partition coefficient (Wildman–Crippen LogP) is 3.82. The Balaban J connectivity index is 2.60. The number of carbonyl (C=O) groups is 1.